The van der Waals surface area contributed by atoms with E-state index in [0.29, 0.717) is 5.92 Å². The highest BCUT2D eigenvalue weighted by molar-refractivity contribution is 7.84. The fourth-order valence-corrected chi connectivity index (χ4v) is 4.85. The molecule has 2 aliphatic rings. The average Bonchev–Trinajstić information content (AvgIpc) is 3.39. The van der Waals surface area contributed by atoms with Gasteiger partial charge in [0.2, 0.25) is 0 Å². The van der Waals surface area contributed by atoms with Crippen molar-refractivity contribution in [1.82, 2.24) is 4.31 Å². The van der Waals surface area contributed by atoms with Crippen LogP contribution in [0.2, 0.25) is 0 Å². The van der Waals surface area contributed by atoms with Gasteiger partial charge in [0.25, 0.3) is 0 Å². The van der Waals surface area contributed by atoms with E-state index < -0.39 is 11.0 Å². The van der Waals surface area contributed by atoms with Gasteiger partial charge in [-0.05, 0) is 64.0 Å². The minimum Gasteiger partial charge on any atom is -0.497 e. The Morgan fingerprint density at radius 3 is 2.46 bits per heavy atom. The Morgan fingerprint density at radius 2 is 1.92 bits per heavy atom. The van der Waals surface area contributed by atoms with E-state index in [4.69, 9.17) is 4.74 Å². The van der Waals surface area contributed by atoms with E-state index in [2.05, 4.69) is 55.4 Å². The molecule has 1 aromatic rings. The lowest BCUT2D eigenvalue weighted by Gasteiger charge is -2.39. The van der Waals surface area contributed by atoms with E-state index in [1.807, 2.05) is 12.3 Å². The minimum absolute atomic E-state index is 0.150. The zero-order chi connectivity index (χ0) is 17.2. The molecule has 1 aromatic carbocycles. The van der Waals surface area contributed by atoms with E-state index in [0.717, 1.165) is 19.4 Å². The molecule has 0 aromatic heterocycles. The van der Waals surface area contributed by atoms with Crippen LogP contribution in [0.3, 0.4) is 0 Å². The van der Waals surface area contributed by atoms with Gasteiger partial charge < -0.3 is 4.74 Å². The second-order valence-electron chi connectivity index (χ2n) is 7.87. The van der Waals surface area contributed by atoms with Gasteiger partial charge in [-0.2, -0.15) is 0 Å². The highest BCUT2D eigenvalue weighted by Gasteiger charge is 2.45. The van der Waals surface area contributed by atoms with Gasteiger partial charge in [0.1, 0.15) is 17.1 Å². The smallest absolute Gasteiger partial charge is 0.115 e. The Bertz CT molecular complexity index is 589. The van der Waals surface area contributed by atoms with Crippen LogP contribution in [-0.4, -0.2) is 25.4 Å². The summed E-state index contributed by atoms with van der Waals surface area (Å²) in [5, 5.41) is 0. The Hall–Kier alpha value is -1.13. The van der Waals surface area contributed by atoms with E-state index in [1.165, 1.54) is 18.4 Å². The van der Waals surface area contributed by atoms with Gasteiger partial charge in [-0.3, -0.25) is 0 Å². The molecule has 0 amide bonds. The summed E-state index contributed by atoms with van der Waals surface area (Å²) < 4.78 is 21.3. The van der Waals surface area contributed by atoms with Crippen molar-refractivity contribution in [1.29, 1.82) is 0 Å². The SMILES string of the molecule is CC(C)(C)S(=O)N(Cc1ccccc1)[C@@H](C1CC1)C1CCC=CO1. The molecule has 0 N–H and O–H groups in total. The third-order valence-corrected chi connectivity index (χ3v) is 6.55. The Labute approximate surface area is 148 Å². The molecule has 3 atom stereocenters. The van der Waals surface area contributed by atoms with Gasteiger partial charge in [0, 0.05) is 6.54 Å². The third kappa shape index (κ3) is 4.28. The van der Waals surface area contributed by atoms with E-state index in [-0.39, 0.29) is 16.9 Å². The predicted octanol–water partition coefficient (Wildman–Crippen LogP) is 4.42. The first-order chi connectivity index (χ1) is 11.5. The number of hydrogen-bond donors (Lipinski definition) is 0. The van der Waals surface area contributed by atoms with Crippen molar-refractivity contribution in [3.05, 3.63) is 48.2 Å². The second kappa shape index (κ2) is 7.40. The first-order valence-corrected chi connectivity index (χ1v) is 10.1. The van der Waals surface area contributed by atoms with Gasteiger partial charge in [-0.25, -0.2) is 8.51 Å². The molecule has 1 saturated carbocycles. The molecular weight excluding hydrogens is 318 g/mol. The summed E-state index contributed by atoms with van der Waals surface area (Å²) in [7, 11) is -1.06. The number of rotatable bonds is 6. The third-order valence-electron chi connectivity index (χ3n) is 4.70. The average molecular weight is 348 g/mol. The summed E-state index contributed by atoms with van der Waals surface area (Å²) in [4.78, 5) is 0. The van der Waals surface area contributed by atoms with Gasteiger partial charge >= 0.3 is 0 Å². The van der Waals surface area contributed by atoms with Crippen LogP contribution in [0.1, 0.15) is 52.0 Å². The Morgan fingerprint density at radius 1 is 1.21 bits per heavy atom. The van der Waals surface area contributed by atoms with Crippen LogP contribution in [-0.2, 0) is 22.3 Å². The number of ether oxygens (including phenoxy) is 1. The standard InChI is InChI=1S/C20H29NO2S/c1-20(2,3)24(22)21(15-16-9-5-4-6-10-16)19(17-12-13-17)18-11-7-8-14-23-18/h4-6,8-10,14,17-19H,7,11-13,15H2,1-3H3/t18?,19-,24?/m0/s1. The van der Waals surface area contributed by atoms with E-state index in [1.54, 1.807) is 0 Å². The number of allylic oxidation sites excluding steroid dienone is 1. The largest absolute Gasteiger partial charge is 0.497 e. The summed E-state index contributed by atoms with van der Waals surface area (Å²) in [6.07, 6.45) is 8.59. The van der Waals surface area contributed by atoms with Gasteiger partial charge in [0.05, 0.1) is 17.1 Å². The molecule has 1 heterocycles. The maximum absolute atomic E-state index is 13.3. The molecule has 4 heteroatoms. The molecule has 0 saturated heterocycles. The molecular formula is C20H29NO2S. The van der Waals surface area contributed by atoms with Crippen molar-refractivity contribution in [3.63, 3.8) is 0 Å². The fourth-order valence-electron chi connectivity index (χ4n) is 3.36. The second-order valence-corrected chi connectivity index (χ2v) is 10.1. The number of benzene rings is 1. The summed E-state index contributed by atoms with van der Waals surface area (Å²) in [6.45, 7) is 6.90. The van der Waals surface area contributed by atoms with Gasteiger partial charge in [0.15, 0.2) is 0 Å². The van der Waals surface area contributed by atoms with Crippen molar-refractivity contribution in [2.24, 2.45) is 5.92 Å². The molecule has 1 fully saturated rings. The lowest BCUT2D eigenvalue weighted by atomic mass is 9.99. The maximum atomic E-state index is 13.3. The van der Waals surface area contributed by atoms with Crippen molar-refractivity contribution in [3.8, 4) is 0 Å². The minimum atomic E-state index is -1.06. The molecule has 24 heavy (non-hydrogen) atoms. The summed E-state index contributed by atoms with van der Waals surface area (Å²) in [5.74, 6) is 0.608. The van der Waals surface area contributed by atoms with Gasteiger partial charge in [-0.1, -0.05) is 30.3 Å². The zero-order valence-corrected chi connectivity index (χ0v) is 15.8. The number of nitrogens with zero attached hydrogens (tertiary/aromatic N) is 1. The van der Waals surface area contributed by atoms with Crippen LogP contribution in [0, 0.1) is 5.92 Å². The van der Waals surface area contributed by atoms with Crippen LogP contribution in [0.25, 0.3) is 0 Å². The van der Waals surface area contributed by atoms with E-state index >= 15 is 0 Å². The molecule has 2 unspecified atom stereocenters. The highest BCUT2D eigenvalue weighted by Crippen LogP contribution is 2.41. The molecule has 3 nitrogen and oxygen atoms in total. The monoisotopic (exact) mass is 347 g/mol. The normalized spacial score (nSPS) is 23.8. The van der Waals surface area contributed by atoms with Crippen molar-refractivity contribution in [2.45, 2.75) is 69.9 Å². The first kappa shape index (κ1) is 17.7. The van der Waals surface area contributed by atoms with Gasteiger partial charge in [-0.15, -0.1) is 0 Å². The fraction of sp³-hybridized carbons (Fsp3) is 0.600. The topological polar surface area (TPSA) is 29.5 Å². The molecule has 3 rings (SSSR count). The Kier molecular flexibility index (Phi) is 5.46. The quantitative estimate of drug-likeness (QED) is 0.762. The van der Waals surface area contributed by atoms with Crippen molar-refractivity contribution >= 4 is 11.0 Å². The summed E-state index contributed by atoms with van der Waals surface area (Å²) in [6, 6.07) is 10.6. The predicted molar refractivity (Wildman–Crippen MR) is 99.6 cm³/mol. The summed E-state index contributed by atoms with van der Waals surface area (Å²) in [5.41, 5.74) is 1.21. The molecule has 0 bridgehead atoms. The summed E-state index contributed by atoms with van der Waals surface area (Å²) >= 11 is 0. The zero-order valence-electron chi connectivity index (χ0n) is 15.0. The van der Waals surface area contributed by atoms with Crippen molar-refractivity contribution < 1.29 is 8.95 Å². The highest BCUT2D eigenvalue weighted by atomic mass is 32.2. The molecule has 1 aliphatic heterocycles. The Balaban J connectivity index is 1.88. The van der Waals surface area contributed by atoms with Crippen LogP contribution in [0.4, 0.5) is 0 Å². The van der Waals surface area contributed by atoms with Crippen molar-refractivity contribution in [2.75, 3.05) is 0 Å². The van der Waals surface area contributed by atoms with Crippen LogP contribution in [0.5, 0.6) is 0 Å². The van der Waals surface area contributed by atoms with Crippen LogP contribution < -0.4 is 0 Å². The molecule has 0 radical (unpaired) electrons. The van der Waals surface area contributed by atoms with Crippen LogP contribution >= 0.6 is 0 Å². The maximum Gasteiger partial charge on any atom is 0.115 e. The first-order valence-electron chi connectivity index (χ1n) is 9.00. The van der Waals surface area contributed by atoms with E-state index in [9.17, 15) is 4.21 Å². The van der Waals surface area contributed by atoms with Crippen LogP contribution in [0.15, 0.2) is 42.7 Å². The number of hydrogen-bond acceptors (Lipinski definition) is 2. The molecule has 0 spiro atoms. The molecule has 132 valence electrons. The lowest BCUT2D eigenvalue weighted by molar-refractivity contribution is 0.0458. The molecule has 1 aliphatic carbocycles. The lowest BCUT2D eigenvalue weighted by Crippen LogP contribution is -2.50.